The molecule has 0 saturated heterocycles. The molecular weight excluding hydrogens is 212 g/mol. The normalized spacial score (nSPS) is 11.2. The standard InChI is InChI=1S/C10H15N2O2S/c1-5-7-6-15-8(11-7)12-9(13)14-10(2,3)4/h6H,1,5H2,2-4H3,(H,11,12,13). The summed E-state index contributed by atoms with van der Waals surface area (Å²) >= 11 is 1.37. The van der Waals surface area contributed by atoms with E-state index >= 15 is 0 Å². The van der Waals surface area contributed by atoms with E-state index in [9.17, 15) is 4.79 Å². The number of hydrogen-bond acceptors (Lipinski definition) is 4. The van der Waals surface area contributed by atoms with Crippen molar-refractivity contribution < 1.29 is 9.53 Å². The maximum absolute atomic E-state index is 11.3. The smallest absolute Gasteiger partial charge is 0.413 e. The van der Waals surface area contributed by atoms with Gasteiger partial charge in [-0.05, 0) is 34.1 Å². The van der Waals surface area contributed by atoms with Crippen LogP contribution in [0, 0.1) is 6.92 Å². The zero-order chi connectivity index (χ0) is 11.5. The molecule has 0 saturated carbocycles. The van der Waals surface area contributed by atoms with Gasteiger partial charge in [-0.1, -0.05) is 0 Å². The van der Waals surface area contributed by atoms with E-state index in [1.165, 1.54) is 11.3 Å². The van der Waals surface area contributed by atoms with E-state index in [0.29, 0.717) is 11.6 Å². The van der Waals surface area contributed by atoms with Crippen molar-refractivity contribution >= 4 is 22.6 Å². The highest BCUT2D eigenvalue weighted by Crippen LogP contribution is 2.17. The highest BCUT2D eigenvalue weighted by molar-refractivity contribution is 7.13. The van der Waals surface area contributed by atoms with Gasteiger partial charge in [0.15, 0.2) is 5.13 Å². The number of rotatable bonds is 2. The summed E-state index contributed by atoms with van der Waals surface area (Å²) in [4.78, 5) is 15.5. The first-order valence-corrected chi connectivity index (χ1v) is 5.52. The molecular formula is C10H15N2O2S. The molecule has 0 aliphatic carbocycles. The van der Waals surface area contributed by atoms with Crippen LogP contribution in [0.3, 0.4) is 0 Å². The van der Waals surface area contributed by atoms with Gasteiger partial charge in [-0.15, -0.1) is 11.3 Å². The van der Waals surface area contributed by atoms with Gasteiger partial charge in [-0.25, -0.2) is 9.78 Å². The summed E-state index contributed by atoms with van der Waals surface area (Å²) in [5, 5.41) is 4.98. The van der Waals surface area contributed by atoms with Crippen LogP contribution >= 0.6 is 11.3 Å². The Morgan fingerprint density at radius 1 is 1.67 bits per heavy atom. The second-order valence-electron chi connectivity index (χ2n) is 4.02. The third-order valence-electron chi connectivity index (χ3n) is 1.42. The number of aromatic nitrogens is 1. The third-order valence-corrected chi connectivity index (χ3v) is 2.22. The van der Waals surface area contributed by atoms with Crippen LogP contribution in [0.4, 0.5) is 9.93 Å². The van der Waals surface area contributed by atoms with E-state index < -0.39 is 11.7 Å². The van der Waals surface area contributed by atoms with Crippen LogP contribution in [0.1, 0.15) is 26.5 Å². The van der Waals surface area contributed by atoms with Crippen molar-refractivity contribution in [3.8, 4) is 0 Å². The van der Waals surface area contributed by atoms with E-state index in [4.69, 9.17) is 4.74 Å². The second kappa shape index (κ2) is 4.61. The zero-order valence-corrected chi connectivity index (χ0v) is 9.98. The fraction of sp³-hybridized carbons (Fsp3) is 0.500. The van der Waals surface area contributed by atoms with E-state index in [0.717, 1.165) is 5.69 Å². The van der Waals surface area contributed by atoms with Gasteiger partial charge in [0.25, 0.3) is 0 Å². The van der Waals surface area contributed by atoms with Crippen LogP contribution in [-0.2, 0) is 11.2 Å². The summed E-state index contributed by atoms with van der Waals surface area (Å²) in [6, 6.07) is 0. The van der Waals surface area contributed by atoms with Crippen molar-refractivity contribution in [1.82, 2.24) is 4.98 Å². The van der Waals surface area contributed by atoms with Crippen LogP contribution < -0.4 is 5.32 Å². The highest BCUT2D eigenvalue weighted by atomic mass is 32.1. The maximum Gasteiger partial charge on any atom is 0.413 e. The summed E-state index contributed by atoms with van der Waals surface area (Å²) in [5.41, 5.74) is 0.377. The topological polar surface area (TPSA) is 51.2 Å². The molecule has 1 aromatic heterocycles. The highest BCUT2D eigenvalue weighted by Gasteiger charge is 2.16. The number of nitrogens with zero attached hydrogens (tertiary/aromatic N) is 1. The Morgan fingerprint density at radius 2 is 2.33 bits per heavy atom. The van der Waals surface area contributed by atoms with Gasteiger partial charge in [0.2, 0.25) is 0 Å². The lowest BCUT2D eigenvalue weighted by Gasteiger charge is -2.18. The van der Waals surface area contributed by atoms with E-state index in [1.807, 2.05) is 26.2 Å². The van der Waals surface area contributed by atoms with E-state index in [-0.39, 0.29) is 0 Å². The molecule has 0 unspecified atom stereocenters. The van der Waals surface area contributed by atoms with Crippen molar-refractivity contribution in [3.63, 3.8) is 0 Å². The van der Waals surface area contributed by atoms with Crippen molar-refractivity contribution in [3.05, 3.63) is 18.0 Å². The Bertz CT molecular complexity index is 341. The molecule has 0 fully saturated rings. The maximum atomic E-state index is 11.3. The van der Waals surface area contributed by atoms with Crippen LogP contribution in [0.5, 0.6) is 0 Å². The number of nitrogens with one attached hydrogen (secondary N) is 1. The fourth-order valence-corrected chi connectivity index (χ4v) is 1.60. The average Bonchev–Trinajstić information content (AvgIpc) is 2.48. The van der Waals surface area contributed by atoms with Crippen LogP contribution in [0.25, 0.3) is 0 Å². The third kappa shape index (κ3) is 4.29. The number of thiazole rings is 1. The molecule has 0 aromatic carbocycles. The Kier molecular flexibility index (Phi) is 3.68. The Hall–Kier alpha value is -1.10. The van der Waals surface area contributed by atoms with Gasteiger partial charge in [0, 0.05) is 5.38 Å². The molecule has 0 aliphatic heterocycles. The summed E-state index contributed by atoms with van der Waals surface area (Å²) < 4.78 is 5.09. The molecule has 15 heavy (non-hydrogen) atoms. The quantitative estimate of drug-likeness (QED) is 0.845. The van der Waals surface area contributed by atoms with Gasteiger partial charge in [0.1, 0.15) is 5.60 Å². The first-order chi connectivity index (χ1) is 6.90. The molecule has 0 spiro atoms. The lowest BCUT2D eigenvalue weighted by atomic mass is 10.2. The first kappa shape index (κ1) is 12.0. The molecule has 0 atom stereocenters. The van der Waals surface area contributed by atoms with Crippen LogP contribution in [0.15, 0.2) is 5.38 Å². The van der Waals surface area contributed by atoms with Crippen molar-refractivity contribution in [2.45, 2.75) is 32.8 Å². The van der Waals surface area contributed by atoms with Gasteiger partial charge >= 0.3 is 6.09 Å². The first-order valence-electron chi connectivity index (χ1n) is 4.64. The average molecular weight is 227 g/mol. The van der Waals surface area contributed by atoms with Crippen molar-refractivity contribution in [2.24, 2.45) is 0 Å². The predicted octanol–water partition coefficient (Wildman–Crippen LogP) is 2.87. The lowest BCUT2D eigenvalue weighted by molar-refractivity contribution is 0.0636. The fourth-order valence-electron chi connectivity index (χ4n) is 0.870. The van der Waals surface area contributed by atoms with Crippen LogP contribution in [0.2, 0.25) is 0 Å². The molecule has 1 amide bonds. The molecule has 0 bridgehead atoms. The lowest BCUT2D eigenvalue weighted by Crippen LogP contribution is -2.27. The van der Waals surface area contributed by atoms with Gasteiger partial charge in [0.05, 0.1) is 5.69 Å². The van der Waals surface area contributed by atoms with Gasteiger partial charge < -0.3 is 4.74 Å². The number of carbonyl (C=O) groups excluding carboxylic acids is 1. The zero-order valence-electron chi connectivity index (χ0n) is 9.16. The van der Waals surface area contributed by atoms with Gasteiger partial charge in [-0.2, -0.15) is 0 Å². The molecule has 1 aromatic rings. The monoisotopic (exact) mass is 227 g/mol. The molecule has 1 rings (SSSR count). The van der Waals surface area contributed by atoms with Crippen LogP contribution in [-0.4, -0.2) is 16.7 Å². The minimum Gasteiger partial charge on any atom is -0.444 e. The molecule has 4 nitrogen and oxygen atoms in total. The molecule has 1 heterocycles. The number of ether oxygens (including phenoxy) is 1. The largest absolute Gasteiger partial charge is 0.444 e. The summed E-state index contributed by atoms with van der Waals surface area (Å²) in [7, 11) is 0. The Morgan fingerprint density at radius 3 is 2.80 bits per heavy atom. The number of anilines is 1. The molecule has 1 radical (unpaired) electrons. The minimum atomic E-state index is -0.490. The molecule has 83 valence electrons. The van der Waals surface area contributed by atoms with E-state index in [1.54, 1.807) is 0 Å². The number of amides is 1. The van der Waals surface area contributed by atoms with Gasteiger partial charge in [-0.3, -0.25) is 5.32 Å². The Labute approximate surface area is 93.7 Å². The summed E-state index contributed by atoms with van der Waals surface area (Å²) in [6.45, 7) is 9.15. The van der Waals surface area contributed by atoms with E-state index in [2.05, 4.69) is 17.2 Å². The van der Waals surface area contributed by atoms with Crippen molar-refractivity contribution in [1.29, 1.82) is 0 Å². The molecule has 0 aliphatic rings. The number of hydrogen-bond donors (Lipinski definition) is 1. The number of carbonyl (C=O) groups is 1. The second-order valence-corrected chi connectivity index (χ2v) is 4.88. The SMILES string of the molecule is [CH2]Cc1csc(NC(=O)OC(C)(C)C)n1. The summed E-state index contributed by atoms with van der Waals surface area (Å²) in [6.07, 6.45) is 0.138. The minimum absolute atomic E-state index is 0.479. The summed E-state index contributed by atoms with van der Waals surface area (Å²) in [5.74, 6) is 0. The Balaban J connectivity index is 2.51. The predicted molar refractivity (Wildman–Crippen MR) is 61.0 cm³/mol. The van der Waals surface area contributed by atoms with Crippen molar-refractivity contribution in [2.75, 3.05) is 5.32 Å². The molecule has 1 N–H and O–H groups in total. The molecule has 5 heteroatoms.